The van der Waals surface area contributed by atoms with E-state index in [-0.39, 0.29) is 31.2 Å². The molecule has 1 aliphatic heterocycles. The van der Waals surface area contributed by atoms with E-state index in [1.165, 1.54) is 11.3 Å². The average Bonchev–Trinajstić information content (AvgIpc) is 3.79. The lowest BCUT2D eigenvalue weighted by Crippen LogP contribution is -2.56. The van der Waals surface area contributed by atoms with Gasteiger partial charge in [0.1, 0.15) is 23.4 Å². The van der Waals surface area contributed by atoms with E-state index in [0.717, 1.165) is 36.1 Å². The van der Waals surface area contributed by atoms with Crippen molar-refractivity contribution in [2.75, 3.05) is 6.54 Å². The summed E-state index contributed by atoms with van der Waals surface area (Å²) in [6.07, 6.45) is 6.88. The largest absolute Gasteiger partial charge is 0.471 e. The quantitative estimate of drug-likeness (QED) is 0.293. The topological polar surface area (TPSA) is 148 Å². The number of ether oxygens (including phenoxy) is 1. The van der Waals surface area contributed by atoms with Crippen molar-refractivity contribution in [3.8, 4) is 16.5 Å². The Bertz CT molecular complexity index is 1790. The van der Waals surface area contributed by atoms with Crippen LogP contribution in [0.1, 0.15) is 57.8 Å². The summed E-state index contributed by atoms with van der Waals surface area (Å²) in [5.74, 6) is -1.25. The monoisotopic (exact) mass is 663 g/mol. The Hall–Kier alpha value is -3.84. The summed E-state index contributed by atoms with van der Waals surface area (Å²) in [6, 6.07) is 10.5. The zero-order valence-electron chi connectivity index (χ0n) is 25.4. The van der Waals surface area contributed by atoms with Crippen molar-refractivity contribution in [1.29, 1.82) is 0 Å². The molecule has 242 valence electrons. The number of amides is 3. The van der Waals surface area contributed by atoms with Crippen molar-refractivity contribution in [1.82, 2.24) is 24.9 Å². The first-order chi connectivity index (χ1) is 22.2. The maximum absolute atomic E-state index is 14.0. The first-order valence-electron chi connectivity index (χ1n) is 15.9. The standard InChI is InChI=1S/C33H37N5O6S2/c1-2-21-18-33(21,32(41)37-46(42,43)23-13-14-23)36-30(40)26-17-22(19-38(26)28(39)16-20-8-3-4-9-20)44-31-29(27-12-7-15-45-27)34-24-10-5-6-11-25(24)35-31/h2,5-7,10-12,15,20-23,26H,1,3-4,8-9,13-14,16-19H2,(H,36,40)(H,37,41)/t21-,22-,26+,33-/m1/s1. The van der Waals surface area contributed by atoms with E-state index in [1.54, 1.807) is 11.0 Å². The highest BCUT2D eigenvalue weighted by molar-refractivity contribution is 7.91. The maximum Gasteiger partial charge on any atom is 0.259 e. The molecule has 0 unspecified atom stereocenters. The SMILES string of the molecule is C=C[C@@H]1C[C@]1(NC(=O)[C@@H]1C[C@@H](Oc2nc3ccccc3nc2-c2cccs2)CN1C(=O)CC1CCCC1)C(=O)NS(=O)(=O)C1CC1. The summed E-state index contributed by atoms with van der Waals surface area (Å²) in [7, 11) is -3.82. The second-order valence-electron chi connectivity index (χ2n) is 12.9. The smallest absolute Gasteiger partial charge is 0.259 e. The van der Waals surface area contributed by atoms with Gasteiger partial charge in [-0.2, -0.15) is 0 Å². The number of sulfonamides is 1. The van der Waals surface area contributed by atoms with Crippen LogP contribution in [-0.4, -0.2) is 70.5 Å². The summed E-state index contributed by atoms with van der Waals surface area (Å²) in [5, 5.41) is 4.22. The Morgan fingerprint density at radius 2 is 1.80 bits per heavy atom. The molecule has 3 aliphatic carbocycles. The molecule has 1 saturated heterocycles. The summed E-state index contributed by atoms with van der Waals surface area (Å²) in [5.41, 5.74) is 0.543. The molecule has 7 rings (SSSR count). The molecule has 0 spiro atoms. The molecule has 13 heteroatoms. The van der Waals surface area contributed by atoms with Crippen molar-refractivity contribution in [2.24, 2.45) is 11.8 Å². The van der Waals surface area contributed by atoms with E-state index in [9.17, 15) is 22.8 Å². The van der Waals surface area contributed by atoms with Crippen molar-refractivity contribution < 1.29 is 27.5 Å². The minimum Gasteiger partial charge on any atom is -0.471 e. The average molecular weight is 664 g/mol. The molecule has 3 saturated carbocycles. The molecule has 3 amide bonds. The molecule has 1 aromatic carbocycles. The lowest BCUT2D eigenvalue weighted by atomic mass is 10.0. The van der Waals surface area contributed by atoms with Gasteiger partial charge in [-0.25, -0.2) is 18.4 Å². The number of aromatic nitrogens is 2. The number of nitrogens with zero attached hydrogens (tertiary/aromatic N) is 3. The van der Waals surface area contributed by atoms with Crippen LogP contribution in [0.4, 0.5) is 0 Å². The predicted octanol–water partition coefficient (Wildman–Crippen LogP) is 3.96. The van der Waals surface area contributed by atoms with Gasteiger partial charge in [0.15, 0.2) is 0 Å². The molecule has 3 heterocycles. The number of likely N-dealkylation sites (tertiary alicyclic amines) is 1. The molecule has 4 fully saturated rings. The molecule has 3 aromatic rings. The van der Waals surface area contributed by atoms with Crippen molar-refractivity contribution >= 4 is 50.1 Å². The number of hydrogen-bond acceptors (Lipinski definition) is 9. The molecule has 11 nitrogen and oxygen atoms in total. The molecule has 2 aromatic heterocycles. The molecular formula is C33H37N5O6S2. The first-order valence-corrected chi connectivity index (χ1v) is 18.4. The molecule has 0 radical (unpaired) electrons. The number of carbonyl (C=O) groups excluding carboxylic acids is 3. The number of thiophene rings is 1. The minimum absolute atomic E-state index is 0.132. The van der Waals surface area contributed by atoms with Gasteiger partial charge in [0.05, 0.1) is 27.7 Å². The summed E-state index contributed by atoms with van der Waals surface area (Å²) in [4.78, 5) is 53.1. The maximum atomic E-state index is 14.0. The molecule has 4 atom stereocenters. The van der Waals surface area contributed by atoms with Crippen molar-refractivity contribution in [2.45, 2.75) is 80.7 Å². The number of benzene rings is 1. The van der Waals surface area contributed by atoms with E-state index in [0.29, 0.717) is 36.4 Å². The van der Waals surface area contributed by atoms with Crippen LogP contribution in [0, 0.1) is 11.8 Å². The van der Waals surface area contributed by atoms with Gasteiger partial charge >= 0.3 is 0 Å². The Labute approximate surface area is 271 Å². The summed E-state index contributed by atoms with van der Waals surface area (Å²) in [6.45, 7) is 3.95. The van der Waals surface area contributed by atoms with Gasteiger partial charge in [-0.15, -0.1) is 17.9 Å². The number of para-hydroxylation sites is 2. The van der Waals surface area contributed by atoms with E-state index in [4.69, 9.17) is 14.7 Å². The van der Waals surface area contributed by atoms with E-state index in [1.807, 2.05) is 41.8 Å². The molecule has 0 bridgehead atoms. The number of hydrogen-bond donors (Lipinski definition) is 2. The highest BCUT2D eigenvalue weighted by Crippen LogP contribution is 2.45. The fourth-order valence-electron chi connectivity index (χ4n) is 6.80. The lowest BCUT2D eigenvalue weighted by Gasteiger charge is -2.27. The summed E-state index contributed by atoms with van der Waals surface area (Å²) >= 11 is 1.51. The van der Waals surface area contributed by atoms with Crippen LogP contribution in [0.3, 0.4) is 0 Å². The van der Waals surface area contributed by atoms with Gasteiger partial charge < -0.3 is 15.0 Å². The Morgan fingerprint density at radius 1 is 1.07 bits per heavy atom. The predicted molar refractivity (Wildman–Crippen MR) is 173 cm³/mol. The van der Waals surface area contributed by atoms with Crippen LogP contribution < -0.4 is 14.8 Å². The lowest BCUT2D eigenvalue weighted by molar-refractivity contribution is -0.140. The van der Waals surface area contributed by atoms with Crippen LogP contribution in [0.25, 0.3) is 21.6 Å². The second kappa shape index (κ2) is 12.1. The van der Waals surface area contributed by atoms with Gasteiger partial charge in [0, 0.05) is 18.8 Å². The Morgan fingerprint density at radius 3 is 2.46 bits per heavy atom. The third kappa shape index (κ3) is 6.02. The fourth-order valence-corrected chi connectivity index (χ4v) is 8.87. The van der Waals surface area contributed by atoms with Crippen molar-refractivity contribution in [3.05, 3.63) is 54.4 Å². The number of fused-ring (bicyclic) bond motifs is 1. The van der Waals surface area contributed by atoms with Gasteiger partial charge in [0.2, 0.25) is 27.7 Å². The van der Waals surface area contributed by atoms with Crippen LogP contribution in [0.2, 0.25) is 0 Å². The van der Waals surface area contributed by atoms with Crippen LogP contribution in [0.15, 0.2) is 54.4 Å². The Kier molecular flexibility index (Phi) is 8.08. The van der Waals surface area contributed by atoms with E-state index >= 15 is 0 Å². The Balaban J connectivity index is 1.15. The van der Waals surface area contributed by atoms with Gasteiger partial charge in [-0.1, -0.05) is 37.1 Å². The minimum atomic E-state index is -3.82. The zero-order chi connectivity index (χ0) is 32.1. The highest BCUT2D eigenvalue weighted by atomic mass is 32.2. The van der Waals surface area contributed by atoms with Gasteiger partial charge in [-0.05, 0) is 61.6 Å². The highest BCUT2D eigenvalue weighted by Gasteiger charge is 2.62. The van der Waals surface area contributed by atoms with Crippen LogP contribution in [0.5, 0.6) is 5.88 Å². The molecular weight excluding hydrogens is 627 g/mol. The zero-order valence-corrected chi connectivity index (χ0v) is 27.0. The number of rotatable bonds is 11. The van der Waals surface area contributed by atoms with Gasteiger partial charge in [-0.3, -0.25) is 19.1 Å². The van der Waals surface area contributed by atoms with Crippen LogP contribution >= 0.6 is 11.3 Å². The van der Waals surface area contributed by atoms with Crippen molar-refractivity contribution in [3.63, 3.8) is 0 Å². The van der Waals surface area contributed by atoms with Gasteiger partial charge in [0.25, 0.3) is 5.91 Å². The van der Waals surface area contributed by atoms with Crippen LogP contribution in [-0.2, 0) is 24.4 Å². The van der Waals surface area contributed by atoms with E-state index in [2.05, 4.69) is 16.6 Å². The van der Waals surface area contributed by atoms with E-state index < -0.39 is 50.7 Å². The molecule has 46 heavy (non-hydrogen) atoms. The summed E-state index contributed by atoms with van der Waals surface area (Å²) < 4.78 is 33.8. The molecule has 2 N–H and O–H groups in total. The number of carbonyl (C=O) groups is 3. The number of nitrogens with one attached hydrogen (secondary N) is 2. The fraction of sp³-hybridized carbons (Fsp3) is 0.485. The third-order valence-electron chi connectivity index (χ3n) is 9.64. The first kappa shape index (κ1) is 30.8. The molecule has 4 aliphatic rings. The third-order valence-corrected chi connectivity index (χ3v) is 12.3. The second-order valence-corrected chi connectivity index (χ2v) is 15.8. The normalized spacial score (nSPS) is 26.2.